The summed E-state index contributed by atoms with van der Waals surface area (Å²) in [6, 6.07) is 10.2. The number of epoxide rings is 1. The van der Waals surface area contributed by atoms with E-state index >= 15 is 0 Å². The minimum absolute atomic E-state index is 0.115. The Morgan fingerprint density at radius 1 is 1.42 bits per heavy atom. The summed E-state index contributed by atoms with van der Waals surface area (Å²) in [6.45, 7) is 2.69. The van der Waals surface area contributed by atoms with Gasteiger partial charge >= 0.3 is 0 Å². The van der Waals surface area contributed by atoms with Gasteiger partial charge in [0, 0.05) is 6.54 Å². The van der Waals surface area contributed by atoms with Crippen molar-refractivity contribution in [2.75, 3.05) is 6.54 Å². The van der Waals surface area contributed by atoms with Gasteiger partial charge in [-0.05, 0) is 12.5 Å². The highest BCUT2D eigenvalue weighted by Gasteiger charge is 2.52. The van der Waals surface area contributed by atoms with Crippen LogP contribution in [0.2, 0.25) is 0 Å². The summed E-state index contributed by atoms with van der Waals surface area (Å²) < 4.78 is 5.51. The van der Waals surface area contributed by atoms with Gasteiger partial charge in [0.2, 0.25) is 0 Å². The van der Waals surface area contributed by atoms with Crippen molar-refractivity contribution in [2.45, 2.75) is 18.6 Å². The van der Waals surface area contributed by atoms with E-state index in [9.17, 15) is 0 Å². The molecule has 0 saturated carbocycles. The summed E-state index contributed by atoms with van der Waals surface area (Å²) in [6.07, 6.45) is 0.208. The van der Waals surface area contributed by atoms with Crippen molar-refractivity contribution in [3.63, 3.8) is 0 Å². The summed E-state index contributed by atoms with van der Waals surface area (Å²) in [7, 11) is 0. The van der Waals surface area contributed by atoms with Gasteiger partial charge in [-0.25, -0.2) is 0 Å². The minimum atomic E-state index is -0.115. The van der Waals surface area contributed by atoms with Gasteiger partial charge in [-0.2, -0.15) is 0 Å². The number of hydrogen-bond acceptors (Lipinski definition) is 2. The first kappa shape index (κ1) is 7.77. The largest absolute Gasteiger partial charge is 0.360 e. The molecule has 0 spiro atoms. The van der Waals surface area contributed by atoms with Crippen molar-refractivity contribution in [1.82, 2.24) is 0 Å². The van der Waals surface area contributed by atoms with E-state index < -0.39 is 0 Å². The fourth-order valence-corrected chi connectivity index (χ4v) is 1.56. The lowest BCUT2D eigenvalue weighted by Gasteiger charge is -2.04. The van der Waals surface area contributed by atoms with Crippen molar-refractivity contribution in [2.24, 2.45) is 5.73 Å². The van der Waals surface area contributed by atoms with Crippen LogP contribution in [-0.2, 0) is 10.3 Å². The molecule has 1 aliphatic heterocycles. The van der Waals surface area contributed by atoms with E-state index in [1.54, 1.807) is 0 Å². The molecule has 0 radical (unpaired) electrons. The smallest absolute Gasteiger partial charge is 0.118 e. The summed E-state index contributed by atoms with van der Waals surface area (Å²) in [4.78, 5) is 0. The van der Waals surface area contributed by atoms with E-state index in [1.165, 1.54) is 5.56 Å². The van der Waals surface area contributed by atoms with Crippen molar-refractivity contribution < 1.29 is 4.74 Å². The van der Waals surface area contributed by atoms with Gasteiger partial charge in [-0.15, -0.1) is 0 Å². The molecule has 2 atom stereocenters. The summed E-state index contributed by atoms with van der Waals surface area (Å²) >= 11 is 0. The van der Waals surface area contributed by atoms with Crippen molar-refractivity contribution >= 4 is 0 Å². The van der Waals surface area contributed by atoms with E-state index in [1.807, 2.05) is 18.2 Å². The normalized spacial score (nSPS) is 33.3. The van der Waals surface area contributed by atoms with Gasteiger partial charge in [0.25, 0.3) is 0 Å². The van der Waals surface area contributed by atoms with Crippen LogP contribution in [0.25, 0.3) is 0 Å². The molecule has 2 nitrogen and oxygen atoms in total. The fourth-order valence-electron chi connectivity index (χ4n) is 1.56. The van der Waals surface area contributed by atoms with E-state index in [-0.39, 0.29) is 11.7 Å². The third-order valence-corrected chi connectivity index (χ3v) is 2.51. The molecule has 0 aromatic heterocycles. The maximum absolute atomic E-state index is 5.52. The second kappa shape index (κ2) is 2.57. The molecule has 1 fully saturated rings. The standard InChI is InChI=1S/C10H13NO/c1-10(9(7-11)12-10)8-5-3-2-4-6-8/h2-6,9H,7,11H2,1H3. The molecule has 2 N–H and O–H groups in total. The molecular formula is C10H13NO. The second-order valence-corrected chi connectivity index (χ2v) is 3.32. The highest BCUT2D eigenvalue weighted by atomic mass is 16.6. The van der Waals surface area contributed by atoms with Crippen LogP contribution >= 0.6 is 0 Å². The van der Waals surface area contributed by atoms with Crippen LogP contribution in [0.5, 0.6) is 0 Å². The molecule has 1 saturated heterocycles. The van der Waals surface area contributed by atoms with E-state index in [0.717, 1.165) is 0 Å². The summed E-state index contributed by atoms with van der Waals surface area (Å²) in [5, 5.41) is 0. The van der Waals surface area contributed by atoms with Crippen LogP contribution in [0.15, 0.2) is 30.3 Å². The Kier molecular flexibility index (Phi) is 1.67. The van der Waals surface area contributed by atoms with Crippen LogP contribution in [0.1, 0.15) is 12.5 Å². The molecule has 2 unspecified atom stereocenters. The van der Waals surface area contributed by atoms with Crippen LogP contribution < -0.4 is 5.73 Å². The van der Waals surface area contributed by atoms with Crippen LogP contribution in [0.4, 0.5) is 0 Å². The Hall–Kier alpha value is -0.860. The van der Waals surface area contributed by atoms with Crippen LogP contribution in [0, 0.1) is 0 Å². The van der Waals surface area contributed by atoms with Gasteiger partial charge in [-0.3, -0.25) is 0 Å². The Labute approximate surface area is 72.3 Å². The van der Waals surface area contributed by atoms with Crippen LogP contribution in [-0.4, -0.2) is 12.6 Å². The number of rotatable bonds is 2. The Morgan fingerprint density at radius 2 is 2.08 bits per heavy atom. The highest BCUT2D eigenvalue weighted by Crippen LogP contribution is 2.44. The van der Waals surface area contributed by atoms with Crippen LogP contribution in [0.3, 0.4) is 0 Å². The van der Waals surface area contributed by atoms with Crippen molar-refractivity contribution in [3.05, 3.63) is 35.9 Å². The topological polar surface area (TPSA) is 38.5 Å². The van der Waals surface area contributed by atoms with Gasteiger partial charge < -0.3 is 10.5 Å². The molecule has 12 heavy (non-hydrogen) atoms. The first-order chi connectivity index (χ1) is 5.77. The molecule has 64 valence electrons. The Bertz CT molecular complexity index is 272. The van der Waals surface area contributed by atoms with Gasteiger partial charge in [0.1, 0.15) is 11.7 Å². The monoisotopic (exact) mass is 163 g/mol. The lowest BCUT2D eigenvalue weighted by Crippen LogP contribution is -2.15. The van der Waals surface area contributed by atoms with Crippen molar-refractivity contribution in [3.8, 4) is 0 Å². The molecule has 0 aliphatic carbocycles. The third-order valence-electron chi connectivity index (χ3n) is 2.51. The number of ether oxygens (including phenoxy) is 1. The average Bonchev–Trinajstić information content (AvgIpc) is 2.81. The van der Waals surface area contributed by atoms with Gasteiger partial charge in [-0.1, -0.05) is 30.3 Å². The zero-order valence-corrected chi connectivity index (χ0v) is 7.16. The Balaban J connectivity index is 2.23. The number of nitrogens with two attached hydrogens (primary N) is 1. The average molecular weight is 163 g/mol. The maximum atomic E-state index is 5.52. The predicted octanol–water partition coefficient (Wildman–Crippen LogP) is 1.26. The molecular weight excluding hydrogens is 150 g/mol. The molecule has 0 amide bonds. The van der Waals surface area contributed by atoms with E-state index in [0.29, 0.717) is 6.54 Å². The van der Waals surface area contributed by atoms with Gasteiger partial charge in [0.05, 0.1) is 0 Å². The third kappa shape index (κ3) is 1.04. The molecule has 1 aliphatic rings. The molecule has 0 bridgehead atoms. The maximum Gasteiger partial charge on any atom is 0.118 e. The number of hydrogen-bond donors (Lipinski definition) is 1. The number of benzene rings is 1. The van der Waals surface area contributed by atoms with E-state index in [4.69, 9.17) is 10.5 Å². The molecule has 1 heterocycles. The first-order valence-corrected chi connectivity index (χ1v) is 4.21. The Morgan fingerprint density at radius 3 is 2.58 bits per heavy atom. The zero-order valence-electron chi connectivity index (χ0n) is 7.16. The lowest BCUT2D eigenvalue weighted by atomic mass is 9.98. The fraction of sp³-hybridized carbons (Fsp3) is 0.400. The van der Waals surface area contributed by atoms with Gasteiger partial charge in [0.15, 0.2) is 0 Å². The summed E-state index contributed by atoms with van der Waals surface area (Å²) in [5.41, 5.74) is 6.63. The second-order valence-electron chi connectivity index (χ2n) is 3.32. The quantitative estimate of drug-likeness (QED) is 0.666. The zero-order chi connectivity index (χ0) is 8.60. The molecule has 1 aromatic carbocycles. The predicted molar refractivity (Wildman–Crippen MR) is 47.7 cm³/mol. The molecule has 2 heteroatoms. The minimum Gasteiger partial charge on any atom is -0.360 e. The van der Waals surface area contributed by atoms with E-state index in [2.05, 4.69) is 19.1 Å². The summed E-state index contributed by atoms with van der Waals surface area (Å²) in [5.74, 6) is 0. The first-order valence-electron chi connectivity index (χ1n) is 4.21. The molecule has 1 aromatic rings. The SMILES string of the molecule is CC1(c2ccccc2)OC1CN. The van der Waals surface area contributed by atoms with Crippen molar-refractivity contribution in [1.29, 1.82) is 0 Å². The molecule has 2 rings (SSSR count). The highest BCUT2D eigenvalue weighted by molar-refractivity contribution is 5.28. The lowest BCUT2D eigenvalue weighted by molar-refractivity contribution is 0.313.